The van der Waals surface area contributed by atoms with Gasteiger partial charge in [-0.05, 0) is 29.8 Å². The SMILES string of the molecule is O=C(Nc1ccc(F)cc1F)c1ccoc1Cl. The summed E-state index contributed by atoms with van der Waals surface area (Å²) >= 11 is 5.58. The molecule has 0 aliphatic rings. The molecule has 0 fully saturated rings. The van der Waals surface area contributed by atoms with E-state index in [1.165, 1.54) is 12.3 Å². The predicted molar refractivity (Wildman–Crippen MR) is 58.0 cm³/mol. The van der Waals surface area contributed by atoms with E-state index in [0.29, 0.717) is 6.07 Å². The van der Waals surface area contributed by atoms with Crippen LogP contribution in [0.15, 0.2) is 34.9 Å². The fourth-order valence-electron chi connectivity index (χ4n) is 1.24. The molecule has 17 heavy (non-hydrogen) atoms. The van der Waals surface area contributed by atoms with Crippen LogP contribution in [0.25, 0.3) is 0 Å². The van der Waals surface area contributed by atoms with Gasteiger partial charge in [0.05, 0.1) is 17.5 Å². The topological polar surface area (TPSA) is 42.2 Å². The summed E-state index contributed by atoms with van der Waals surface area (Å²) in [6, 6.07) is 4.18. The van der Waals surface area contributed by atoms with Crippen LogP contribution in [0.3, 0.4) is 0 Å². The van der Waals surface area contributed by atoms with E-state index in [0.717, 1.165) is 12.1 Å². The van der Waals surface area contributed by atoms with Gasteiger partial charge >= 0.3 is 0 Å². The number of nitrogens with one attached hydrogen (secondary N) is 1. The Morgan fingerprint density at radius 3 is 2.65 bits per heavy atom. The van der Waals surface area contributed by atoms with E-state index in [1.807, 2.05) is 0 Å². The lowest BCUT2D eigenvalue weighted by atomic mass is 10.2. The Hall–Kier alpha value is -1.88. The van der Waals surface area contributed by atoms with Gasteiger partial charge in [0.1, 0.15) is 11.6 Å². The molecule has 2 aromatic rings. The molecule has 1 aromatic carbocycles. The summed E-state index contributed by atoms with van der Waals surface area (Å²) in [5, 5.41) is 2.16. The number of carbonyl (C=O) groups is 1. The molecular formula is C11H6ClF2NO2. The molecule has 1 aromatic heterocycles. The number of halogens is 3. The van der Waals surface area contributed by atoms with Gasteiger partial charge in [-0.3, -0.25) is 4.79 Å². The van der Waals surface area contributed by atoms with Crippen molar-refractivity contribution < 1.29 is 18.0 Å². The highest BCUT2D eigenvalue weighted by Gasteiger charge is 2.14. The molecule has 3 nitrogen and oxygen atoms in total. The van der Waals surface area contributed by atoms with Gasteiger partial charge in [0.25, 0.3) is 5.91 Å². The maximum absolute atomic E-state index is 13.2. The van der Waals surface area contributed by atoms with Crippen LogP contribution in [0.2, 0.25) is 5.22 Å². The number of amides is 1. The van der Waals surface area contributed by atoms with Crippen molar-refractivity contribution in [2.45, 2.75) is 0 Å². The molecule has 0 aliphatic heterocycles. The molecule has 88 valence electrons. The van der Waals surface area contributed by atoms with Crippen LogP contribution in [0.4, 0.5) is 14.5 Å². The molecule has 0 bridgehead atoms. The zero-order valence-corrected chi connectivity index (χ0v) is 9.09. The fourth-order valence-corrected chi connectivity index (χ4v) is 1.44. The zero-order chi connectivity index (χ0) is 12.4. The molecule has 6 heteroatoms. The van der Waals surface area contributed by atoms with E-state index < -0.39 is 17.5 Å². The second-order valence-corrected chi connectivity index (χ2v) is 3.53. The first-order chi connectivity index (χ1) is 8.08. The van der Waals surface area contributed by atoms with Gasteiger partial charge < -0.3 is 9.73 Å². The number of rotatable bonds is 2. The van der Waals surface area contributed by atoms with Gasteiger partial charge in [0.15, 0.2) is 0 Å². The Kier molecular flexibility index (Phi) is 3.10. The standard InChI is InChI=1S/C11H6ClF2NO2/c12-10-7(3-4-17-10)11(16)15-9-2-1-6(13)5-8(9)14/h1-5H,(H,15,16). The highest BCUT2D eigenvalue weighted by molar-refractivity contribution is 6.32. The number of anilines is 1. The second-order valence-electron chi connectivity index (χ2n) is 3.19. The molecule has 0 saturated heterocycles. The predicted octanol–water partition coefficient (Wildman–Crippen LogP) is 3.46. The van der Waals surface area contributed by atoms with Gasteiger partial charge in [0, 0.05) is 6.07 Å². The normalized spacial score (nSPS) is 10.3. The maximum Gasteiger partial charge on any atom is 0.260 e. The van der Waals surface area contributed by atoms with Crippen LogP contribution >= 0.6 is 11.6 Å². The van der Waals surface area contributed by atoms with Gasteiger partial charge in [-0.1, -0.05) is 0 Å². The summed E-state index contributed by atoms with van der Waals surface area (Å²) in [4.78, 5) is 11.6. The van der Waals surface area contributed by atoms with Crippen molar-refractivity contribution in [3.8, 4) is 0 Å². The highest BCUT2D eigenvalue weighted by Crippen LogP contribution is 2.20. The molecule has 1 N–H and O–H groups in total. The molecule has 0 unspecified atom stereocenters. The minimum atomic E-state index is -0.863. The fraction of sp³-hybridized carbons (Fsp3) is 0. The lowest BCUT2D eigenvalue weighted by Gasteiger charge is -2.04. The van der Waals surface area contributed by atoms with Crippen LogP contribution in [-0.4, -0.2) is 5.91 Å². The Bertz CT molecular complexity index is 568. The van der Waals surface area contributed by atoms with E-state index in [-0.39, 0.29) is 16.5 Å². The van der Waals surface area contributed by atoms with Crippen LogP contribution in [-0.2, 0) is 0 Å². The van der Waals surface area contributed by atoms with E-state index >= 15 is 0 Å². The van der Waals surface area contributed by atoms with E-state index in [1.54, 1.807) is 0 Å². The van der Waals surface area contributed by atoms with Gasteiger partial charge in [-0.15, -0.1) is 0 Å². The summed E-state index contributed by atoms with van der Waals surface area (Å²) in [5.41, 5.74) is -0.0518. The van der Waals surface area contributed by atoms with Crippen LogP contribution in [0, 0.1) is 11.6 Å². The Balaban J connectivity index is 2.22. The molecule has 0 aliphatic carbocycles. The molecule has 0 atom stereocenters. The first kappa shape index (κ1) is 11.6. The third kappa shape index (κ3) is 2.45. The minimum absolute atomic E-state index is 0.0791. The zero-order valence-electron chi connectivity index (χ0n) is 8.34. The van der Waals surface area contributed by atoms with Gasteiger partial charge in [0.2, 0.25) is 5.22 Å². The van der Waals surface area contributed by atoms with Crippen LogP contribution in [0.1, 0.15) is 10.4 Å². The minimum Gasteiger partial charge on any atom is -0.452 e. The molecule has 1 heterocycles. The molecule has 0 spiro atoms. The van der Waals surface area contributed by atoms with E-state index in [4.69, 9.17) is 16.0 Å². The Morgan fingerprint density at radius 1 is 1.29 bits per heavy atom. The lowest BCUT2D eigenvalue weighted by molar-refractivity contribution is 0.102. The highest BCUT2D eigenvalue weighted by atomic mass is 35.5. The van der Waals surface area contributed by atoms with E-state index in [9.17, 15) is 13.6 Å². The first-order valence-electron chi connectivity index (χ1n) is 4.57. The van der Waals surface area contributed by atoms with Gasteiger partial charge in [-0.2, -0.15) is 0 Å². The van der Waals surface area contributed by atoms with Crippen molar-refractivity contribution in [3.63, 3.8) is 0 Å². The number of furan rings is 1. The maximum atomic E-state index is 13.2. The number of carbonyl (C=O) groups excluding carboxylic acids is 1. The van der Waals surface area contributed by atoms with Crippen molar-refractivity contribution in [2.75, 3.05) is 5.32 Å². The smallest absolute Gasteiger partial charge is 0.260 e. The van der Waals surface area contributed by atoms with Crippen molar-refractivity contribution in [1.29, 1.82) is 0 Å². The van der Waals surface area contributed by atoms with E-state index in [2.05, 4.69) is 5.32 Å². The number of hydrogen-bond acceptors (Lipinski definition) is 2. The number of hydrogen-bond donors (Lipinski definition) is 1. The first-order valence-corrected chi connectivity index (χ1v) is 4.95. The van der Waals surface area contributed by atoms with Crippen molar-refractivity contribution in [1.82, 2.24) is 0 Å². The molecule has 0 saturated carbocycles. The average molecular weight is 258 g/mol. The summed E-state index contributed by atoms with van der Waals surface area (Å²) in [7, 11) is 0. The monoisotopic (exact) mass is 257 g/mol. The lowest BCUT2D eigenvalue weighted by Crippen LogP contribution is -2.12. The molecule has 2 rings (SSSR count). The van der Waals surface area contributed by atoms with Gasteiger partial charge in [-0.25, -0.2) is 8.78 Å². The second kappa shape index (κ2) is 4.55. The summed E-state index contributed by atoms with van der Waals surface area (Å²) in [6.07, 6.45) is 1.23. The van der Waals surface area contributed by atoms with Crippen molar-refractivity contribution in [2.24, 2.45) is 0 Å². The number of benzene rings is 1. The quantitative estimate of drug-likeness (QED) is 0.895. The van der Waals surface area contributed by atoms with Crippen molar-refractivity contribution >= 4 is 23.2 Å². The third-order valence-corrected chi connectivity index (χ3v) is 2.33. The average Bonchev–Trinajstić information content (AvgIpc) is 2.68. The van der Waals surface area contributed by atoms with Crippen LogP contribution in [0.5, 0.6) is 0 Å². The molecular weight excluding hydrogens is 252 g/mol. The third-order valence-electron chi connectivity index (χ3n) is 2.04. The summed E-state index contributed by atoms with van der Waals surface area (Å²) in [6.45, 7) is 0. The Morgan fingerprint density at radius 2 is 2.06 bits per heavy atom. The Labute approximate surface area is 100.0 Å². The van der Waals surface area contributed by atoms with Crippen LogP contribution < -0.4 is 5.32 Å². The largest absolute Gasteiger partial charge is 0.452 e. The van der Waals surface area contributed by atoms with Crippen molar-refractivity contribution in [3.05, 3.63) is 52.9 Å². The summed E-state index contributed by atoms with van der Waals surface area (Å²) < 4.78 is 30.6. The summed E-state index contributed by atoms with van der Waals surface area (Å²) in [5.74, 6) is -2.21. The molecule has 0 radical (unpaired) electrons. The molecule has 1 amide bonds.